The Morgan fingerprint density at radius 1 is 0.611 bits per heavy atom. The highest BCUT2D eigenvalue weighted by Crippen LogP contribution is 2.38. The van der Waals surface area contributed by atoms with Crippen LogP contribution in [0, 0.1) is 29.1 Å². The minimum Gasteiger partial charge on any atom is -0.429 e. The van der Waals surface area contributed by atoms with Crippen LogP contribution in [0.2, 0.25) is 0 Å². The molecule has 0 unspecified atom stereocenters. The third-order valence-corrected chi connectivity index (χ3v) is 5.58. The normalized spacial score (nSPS) is 11.6. The molecule has 36 heavy (non-hydrogen) atoms. The first-order valence-corrected chi connectivity index (χ1v) is 11.0. The SMILES string of the molecule is CCCc1ccc(-c2ccc(-c3cc(F)c(C(F)(F)Oc4cc(F)c(F)c(F)c4)c(F)c3)cc2)cc1. The molecule has 0 aliphatic heterocycles. The van der Waals surface area contributed by atoms with Gasteiger partial charge in [0.15, 0.2) is 17.5 Å². The first kappa shape index (κ1) is 25.3. The second-order valence-electron chi connectivity index (χ2n) is 8.16. The Balaban J connectivity index is 1.59. The number of hydrogen-bond donors (Lipinski definition) is 0. The number of aryl methyl sites for hydroxylation is 1. The van der Waals surface area contributed by atoms with E-state index in [0.29, 0.717) is 17.7 Å². The van der Waals surface area contributed by atoms with E-state index in [1.165, 1.54) is 5.56 Å². The molecule has 0 aliphatic rings. The van der Waals surface area contributed by atoms with Gasteiger partial charge in [-0.05, 0) is 46.4 Å². The van der Waals surface area contributed by atoms with Gasteiger partial charge in [-0.2, -0.15) is 8.78 Å². The molecule has 4 rings (SSSR count). The lowest BCUT2D eigenvalue weighted by Crippen LogP contribution is -2.25. The lowest BCUT2D eigenvalue weighted by Gasteiger charge is -2.20. The van der Waals surface area contributed by atoms with Gasteiger partial charge in [0, 0.05) is 12.1 Å². The number of benzene rings is 4. The monoisotopic (exact) mass is 504 g/mol. The molecular formula is C28H19F7O. The lowest BCUT2D eigenvalue weighted by atomic mass is 9.98. The Morgan fingerprint density at radius 2 is 1.06 bits per heavy atom. The van der Waals surface area contributed by atoms with Crippen LogP contribution in [-0.4, -0.2) is 0 Å². The van der Waals surface area contributed by atoms with Crippen LogP contribution in [0.5, 0.6) is 5.75 Å². The molecule has 0 bridgehead atoms. The molecule has 0 spiro atoms. The van der Waals surface area contributed by atoms with Crippen LogP contribution in [0.15, 0.2) is 72.8 Å². The molecule has 0 saturated carbocycles. The van der Waals surface area contributed by atoms with Crippen molar-refractivity contribution in [2.75, 3.05) is 0 Å². The second kappa shape index (κ2) is 10.0. The molecule has 0 radical (unpaired) electrons. The Kier molecular flexibility index (Phi) is 7.06. The first-order chi connectivity index (χ1) is 17.1. The summed E-state index contributed by atoms with van der Waals surface area (Å²) < 4.78 is 102. The minimum absolute atomic E-state index is 0.00624. The van der Waals surface area contributed by atoms with E-state index < -0.39 is 46.5 Å². The van der Waals surface area contributed by atoms with E-state index in [4.69, 9.17) is 0 Å². The zero-order valence-electron chi connectivity index (χ0n) is 18.9. The summed E-state index contributed by atoms with van der Waals surface area (Å²) in [7, 11) is 0. The fourth-order valence-electron chi connectivity index (χ4n) is 3.82. The fourth-order valence-corrected chi connectivity index (χ4v) is 3.82. The van der Waals surface area contributed by atoms with Gasteiger partial charge in [0.2, 0.25) is 0 Å². The van der Waals surface area contributed by atoms with Crippen molar-refractivity contribution in [3.63, 3.8) is 0 Å². The molecule has 8 heteroatoms. The Bertz CT molecular complexity index is 1330. The molecule has 0 atom stereocenters. The summed E-state index contributed by atoms with van der Waals surface area (Å²) in [5.74, 6) is -9.89. The van der Waals surface area contributed by atoms with Crippen molar-refractivity contribution >= 4 is 0 Å². The zero-order chi connectivity index (χ0) is 26.0. The van der Waals surface area contributed by atoms with Crippen LogP contribution in [-0.2, 0) is 12.5 Å². The quantitative estimate of drug-likeness (QED) is 0.181. The number of halogens is 7. The minimum atomic E-state index is -4.64. The van der Waals surface area contributed by atoms with Crippen molar-refractivity contribution in [1.82, 2.24) is 0 Å². The van der Waals surface area contributed by atoms with E-state index in [2.05, 4.69) is 11.7 Å². The van der Waals surface area contributed by atoms with Crippen molar-refractivity contribution < 1.29 is 35.5 Å². The molecule has 0 amide bonds. The standard InChI is InChI=1S/C28H19F7O/c1-2-3-16-4-6-17(7-5-16)18-8-10-19(11-9-18)20-12-22(29)26(23(30)13-20)28(34,35)36-21-14-24(31)27(33)25(32)15-21/h4-15H,2-3H2,1H3. The molecule has 186 valence electrons. The van der Waals surface area contributed by atoms with Gasteiger partial charge in [-0.1, -0.05) is 61.9 Å². The van der Waals surface area contributed by atoms with E-state index in [0.717, 1.165) is 24.0 Å². The Hall–Kier alpha value is -3.81. The molecule has 1 nitrogen and oxygen atoms in total. The van der Waals surface area contributed by atoms with Crippen molar-refractivity contribution in [3.05, 3.63) is 113 Å². The maximum atomic E-state index is 14.7. The van der Waals surface area contributed by atoms with Gasteiger partial charge in [-0.15, -0.1) is 0 Å². The third kappa shape index (κ3) is 5.22. The van der Waals surface area contributed by atoms with Gasteiger partial charge in [0.25, 0.3) is 0 Å². The molecule has 0 N–H and O–H groups in total. The predicted molar refractivity (Wildman–Crippen MR) is 122 cm³/mol. The maximum Gasteiger partial charge on any atom is 0.432 e. The predicted octanol–water partition coefficient (Wildman–Crippen LogP) is 8.80. The van der Waals surface area contributed by atoms with Crippen LogP contribution in [0.1, 0.15) is 24.5 Å². The molecule has 0 saturated heterocycles. The largest absolute Gasteiger partial charge is 0.432 e. The highest BCUT2D eigenvalue weighted by atomic mass is 19.3. The van der Waals surface area contributed by atoms with E-state index in [1.807, 2.05) is 24.3 Å². The molecule has 0 aromatic heterocycles. The van der Waals surface area contributed by atoms with Gasteiger partial charge >= 0.3 is 6.11 Å². The summed E-state index contributed by atoms with van der Waals surface area (Å²) in [6.07, 6.45) is -2.65. The van der Waals surface area contributed by atoms with Gasteiger partial charge < -0.3 is 4.74 Å². The Morgan fingerprint density at radius 3 is 1.53 bits per heavy atom. The summed E-state index contributed by atoms with van der Waals surface area (Å²) in [5.41, 5.74) is 1.63. The highest BCUT2D eigenvalue weighted by Gasteiger charge is 2.41. The van der Waals surface area contributed by atoms with Crippen LogP contribution >= 0.6 is 0 Å². The summed E-state index contributed by atoms with van der Waals surface area (Å²) in [5, 5.41) is 0. The molecule has 4 aromatic carbocycles. The molecule has 0 heterocycles. The highest BCUT2D eigenvalue weighted by molar-refractivity contribution is 5.71. The summed E-state index contributed by atoms with van der Waals surface area (Å²) in [6, 6.07) is 16.4. The summed E-state index contributed by atoms with van der Waals surface area (Å²) in [6.45, 7) is 2.09. The molecular weight excluding hydrogens is 485 g/mol. The average Bonchev–Trinajstić information content (AvgIpc) is 2.82. The summed E-state index contributed by atoms with van der Waals surface area (Å²) in [4.78, 5) is 0. The van der Waals surface area contributed by atoms with Crippen LogP contribution < -0.4 is 4.74 Å². The maximum absolute atomic E-state index is 14.7. The van der Waals surface area contributed by atoms with E-state index in [1.54, 1.807) is 24.3 Å². The van der Waals surface area contributed by atoms with Crippen molar-refractivity contribution in [2.24, 2.45) is 0 Å². The van der Waals surface area contributed by atoms with Gasteiger partial charge in [0.05, 0.1) is 0 Å². The number of ether oxygens (including phenoxy) is 1. The van der Waals surface area contributed by atoms with Crippen molar-refractivity contribution in [2.45, 2.75) is 25.9 Å². The fraction of sp³-hybridized carbons (Fsp3) is 0.143. The average molecular weight is 504 g/mol. The zero-order valence-corrected chi connectivity index (χ0v) is 18.9. The number of rotatable bonds is 7. The third-order valence-electron chi connectivity index (χ3n) is 5.58. The van der Waals surface area contributed by atoms with Crippen LogP contribution in [0.3, 0.4) is 0 Å². The second-order valence-corrected chi connectivity index (χ2v) is 8.16. The smallest absolute Gasteiger partial charge is 0.429 e. The summed E-state index contributed by atoms with van der Waals surface area (Å²) >= 11 is 0. The van der Waals surface area contributed by atoms with E-state index in [-0.39, 0.29) is 17.7 Å². The van der Waals surface area contributed by atoms with Gasteiger partial charge in [-0.3, -0.25) is 0 Å². The molecule has 4 aromatic rings. The first-order valence-electron chi connectivity index (χ1n) is 11.0. The molecule has 0 aliphatic carbocycles. The number of alkyl halides is 2. The molecule has 0 fully saturated rings. The van der Waals surface area contributed by atoms with Crippen molar-refractivity contribution in [1.29, 1.82) is 0 Å². The van der Waals surface area contributed by atoms with E-state index >= 15 is 0 Å². The van der Waals surface area contributed by atoms with Crippen molar-refractivity contribution in [3.8, 4) is 28.0 Å². The lowest BCUT2D eigenvalue weighted by molar-refractivity contribution is -0.189. The van der Waals surface area contributed by atoms with Gasteiger partial charge in [-0.25, -0.2) is 22.0 Å². The number of hydrogen-bond acceptors (Lipinski definition) is 1. The van der Waals surface area contributed by atoms with Crippen LogP contribution in [0.25, 0.3) is 22.3 Å². The van der Waals surface area contributed by atoms with Crippen LogP contribution in [0.4, 0.5) is 30.7 Å². The van der Waals surface area contributed by atoms with Gasteiger partial charge in [0.1, 0.15) is 22.9 Å². The Labute approximate surface area is 202 Å². The topological polar surface area (TPSA) is 9.23 Å². The van der Waals surface area contributed by atoms with E-state index in [9.17, 15) is 30.7 Å².